The predicted octanol–water partition coefficient (Wildman–Crippen LogP) is 2.31. The molecule has 5 heteroatoms. The van der Waals surface area contributed by atoms with Crippen LogP contribution in [0.5, 0.6) is 0 Å². The maximum Gasteiger partial charge on any atom is 0.258 e. The van der Waals surface area contributed by atoms with Crippen LogP contribution in [0.1, 0.15) is 12.7 Å². The summed E-state index contributed by atoms with van der Waals surface area (Å²) in [6.45, 7) is 2.95. The van der Waals surface area contributed by atoms with Crippen LogP contribution in [-0.2, 0) is 11.3 Å². The SMILES string of the molecule is CCOCc1noc(-c2ccc(NC)cc2)n1. The van der Waals surface area contributed by atoms with E-state index >= 15 is 0 Å². The van der Waals surface area contributed by atoms with Crippen LogP contribution in [0.15, 0.2) is 28.8 Å². The Kier molecular flexibility index (Phi) is 3.72. The van der Waals surface area contributed by atoms with Crippen molar-refractivity contribution in [2.45, 2.75) is 13.5 Å². The van der Waals surface area contributed by atoms with Crippen molar-refractivity contribution in [2.75, 3.05) is 19.0 Å². The van der Waals surface area contributed by atoms with Crippen LogP contribution in [0.4, 0.5) is 5.69 Å². The Hall–Kier alpha value is -1.88. The van der Waals surface area contributed by atoms with Crippen molar-refractivity contribution in [3.05, 3.63) is 30.1 Å². The van der Waals surface area contributed by atoms with Gasteiger partial charge in [-0.1, -0.05) is 5.16 Å². The van der Waals surface area contributed by atoms with Crippen LogP contribution >= 0.6 is 0 Å². The average Bonchev–Trinajstić information content (AvgIpc) is 2.85. The summed E-state index contributed by atoms with van der Waals surface area (Å²) in [6.07, 6.45) is 0. The van der Waals surface area contributed by atoms with E-state index in [2.05, 4.69) is 15.5 Å². The smallest absolute Gasteiger partial charge is 0.258 e. The fourth-order valence-electron chi connectivity index (χ4n) is 1.40. The normalized spacial score (nSPS) is 10.5. The van der Waals surface area contributed by atoms with Crippen molar-refractivity contribution in [2.24, 2.45) is 0 Å². The van der Waals surface area contributed by atoms with Gasteiger partial charge in [-0.25, -0.2) is 0 Å². The number of benzene rings is 1. The largest absolute Gasteiger partial charge is 0.388 e. The molecule has 0 aliphatic rings. The Morgan fingerprint density at radius 1 is 1.29 bits per heavy atom. The Morgan fingerprint density at radius 3 is 2.71 bits per heavy atom. The summed E-state index contributed by atoms with van der Waals surface area (Å²) < 4.78 is 10.4. The van der Waals surface area contributed by atoms with Gasteiger partial charge in [0.2, 0.25) is 0 Å². The molecule has 0 saturated carbocycles. The summed E-state index contributed by atoms with van der Waals surface area (Å²) in [6, 6.07) is 7.79. The van der Waals surface area contributed by atoms with E-state index in [0.717, 1.165) is 11.3 Å². The molecule has 2 aromatic rings. The molecule has 0 spiro atoms. The second-order valence-electron chi connectivity index (χ2n) is 3.48. The summed E-state index contributed by atoms with van der Waals surface area (Å²) in [4.78, 5) is 4.25. The van der Waals surface area contributed by atoms with Gasteiger partial charge in [-0.05, 0) is 31.2 Å². The summed E-state index contributed by atoms with van der Waals surface area (Å²) in [5.41, 5.74) is 1.95. The molecule has 0 atom stereocenters. The molecule has 90 valence electrons. The Labute approximate surface area is 99.8 Å². The Morgan fingerprint density at radius 2 is 2.06 bits per heavy atom. The first-order valence-electron chi connectivity index (χ1n) is 5.52. The topological polar surface area (TPSA) is 60.2 Å². The zero-order valence-corrected chi connectivity index (χ0v) is 9.93. The number of ether oxygens (including phenoxy) is 1. The van der Waals surface area contributed by atoms with Gasteiger partial charge in [0.25, 0.3) is 5.89 Å². The molecule has 5 nitrogen and oxygen atoms in total. The monoisotopic (exact) mass is 233 g/mol. The first kappa shape index (κ1) is 11.6. The minimum absolute atomic E-state index is 0.384. The molecule has 0 amide bonds. The standard InChI is InChI=1S/C12H15N3O2/c1-3-16-8-11-14-12(17-15-11)9-4-6-10(13-2)7-5-9/h4-7,13H,3,8H2,1-2H3. The van der Waals surface area contributed by atoms with Gasteiger partial charge in [0, 0.05) is 24.9 Å². The van der Waals surface area contributed by atoms with Gasteiger partial charge < -0.3 is 14.6 Å². The third-order valence-electron chi connectivity index (χ3n) is 2.32. The predicted molar refractivity (Wildman–Crippen MR) is 64.6 cm³/mol. The minimum atomic E-state index is 0.384. The highest BCUT2D eigenvalue weighted by molar-refractivity contribution is 5.58. The van der Waals surface area contributed by atoms with Crippen molar-refractivity contribution < 1.29 is 9.26 Å². The Balaban J connectivity index is 2.12. The molecule has 1 heterocycles. The van der Waals surface area contributed by atoms with Crippen molar-refractivity contribution >= 4 is 5.69 Å². The zero-order chi connectivity index (χ0) is 12.1. The van der Waals surface area contributed by atoms with Gasteiger partial charge in [-0.15, -0.1) is 0 Å². The first-order valence-corrected chi connectivity index (χ1v) is 5.52. The molecule has 0 radical (unpaired) electrons. The van der Waals surface area contributed by atoms with Gasteiger partial charge in [-0.2, -0.15) is 4.98 Å². The Bertz CT molecular complexity index is 465. The third kappa shape index (κ3) is 2.82. The number of anilines is 1. The lowest BCUT2D eigenvalue weighted by molar-refractivity contribution is 0.126. The summed E-state index contributed by atoms with van der Waals surface area (Å²) >= 11 is 0. The molecular formula is C12H15N3O2. The molecule has 2 rings (SSSR count). The highest BCUT2D eigenvalue weighted by Crippen LogP contribution is 2.19. The maximum atomic E-state index is 5.21. The van der Waals surface area contributed by atoms with Crippen LogP contribution in [0.3, 0.4) is 0 Å². The molecule has 0 aliphatic carbocycles. The van der Waals surface area contributed by atoms with E-state index in [9.17, 15) is 0 Å². The number of rotatable bonds is 5. The van der Waals surface area contributed by atoms with Crippen molar-refractivity contribution in [3.63, 3.8) is 0 Å². The summed E-state index contributed by atoms with van der Waals surface area (Å²) in [7, 11) is 1.88. The second-order valence-corrected chi connectivity index (χ2v) is 3.48. The van der Waals surface area contributed by atoms with Crippen LogP contribution < -0.4 is 5.32 Å². The van der Waals surface area contributed by atoms with Gasteiger partial charge in [0.05, 0.1) is 0 Å². The van der Waals surface area contributed by atoms with E-state index in [0.29, 0.717) is 24.9 Å². The molecule has 0 aliphatic heterocycles. The van der Waals surface area contributed by atoms with Crippen LogP contribution in [-0.4, -0.2) is 23.8 Å². The number of hydrogen-bond acceptors (Lipinski definition) is 5. The number of nitrogens with zero attached hydrogens (tertiary/aromatic N) is 2. The van der Waals surface area contributed by atoms with E-state index in [4.69, 9.17) is 9.26 Å². The van der Waals surface area contributed by atoms with Gasteiger partial charge in [0.1, 0.15) is 6.61 Å². The van der Waals surface area contributed by atoms with Crippen LogP contribution in [0.25, 0.3) is 11.5 Å². The fraction of sp³-hybridized carbons (Fsp3) is 0.333. The van der Waals surface area contributed by atoms with E-state index in [1.54, 1.807) is 0 Å². The highest BCUT2D eigenvalue weighted by atomic mass is 16.5. The highest BCUT2D eigenvalue weighted by Gasteiger charge is 2.08. The molecule has 0 saturated heterocycles. The molecular weight excluding hydrogens is 218 g/mol. The average molecular weight is 233 g/mol. The quantitative estimate of drug-likeness (QED) is 0.858. The zero-order valence-electron chi connectivity index (χ0n) is 9.93. The van der Waals surface area contributed by atoms with E-state index in [-0.39, 0.29) is 0 Å². The molecule has 0 unspecified atom stereocenters. The molecule has 1 aromatic carbocycles. The minimum Gasteiger partial charge on any atom is -0.388 e. The van der Waals surface area contributed by atoms with E-state index in [1.807, 2.05) is 38.2 Å². The maximum absolute atomic E-state index is 5.21. The fourth-order valence-corrected chi connectivity index (χ4v) is 1.40. The lowest BCUT2D eigenvalue weighted by Crippen LogP contribution is -1.93. The molecule has 17 heavy (non-hydrogen) atoms. The number of hydrogen-bond donors (Lipinski definition) is 1. The number of aromatic nitrogens is 2. The first-order chi connectivity index (χ1) is 8.33. The molecule has 1 N–H and O–H groups in total. The van der Waals surface area contributed by atoms with Gasteiger partial charge in [-0.3, -0.25) is 0 Å². The summed E-state index contributed by atoms with van der Waals surface area (Å²) in [5, 5.41) is 6.90. The molecule has 1 aromatic heterocycles. The third-order valence-corrected chi connectivity index (χ3v) is 2.32. The van der Waals surface area contributed by atoms with E-state index in [1.165, 1.54) is 0 Å². The van der Waals surface area contributed by atoms with Crippen LogP contribution in [0.2, 0.25) is 0 Å². The van der Waals surface area contributed by atoms with Gasteiger partial charge in [0.15, 0.2) is 5.82 Å². The van der Waals surface area contributed by atoms with Crippen LogP contribution in [0, 0.1) is 0 Å². The van der Waals surface area contributed by atoms with E-state index < -0.39 is 0 Å². The second kappa shape index (κ2) is 5.45. The molecule has 0 fully saturated rings. The van der Waals surface area contributed by atoms with Crippen molar-refractivity contribution in [1.29, 1.82) is 0 Å². The lowest BCUT2D eigenvalue weighted by Gasteiger charge is -1.99. The lowest BCUT2D eigenvalue weighted by atomic mass is 10.2. The summed E-state index contributed by atoms with van der Waals surface area (Å²) in [5.74, 6) is 1.09. The van der Waals surface area contributed by atoms with Gasteiger partial charge >= 0.3 is 0 Å². The number of nitrogens with one attached hydrogen (secondary N) is 1. The molecule has 0 bridgehead atoms. The van der Waals surface area contributed by atoms with Crippen molar-refractivity contribution in [1.82, 2.24) is 10.1 Å². The van der Waals surface area contributed by atoms with Crippen molar-refractivity contribution in [3.8, 4) is 11.5 Å².